The summed E-state index contributed by atoms with van der Waals surface area (Å²) in [6.07, 6.45) is 9.45. The van der Waals surface area contributed by atoms with E-state index in [2.05, 4.69) is 66.9 Å². The molecule has 2 aromatic rings. The number of hydrogen-bond acceptors (Lipinski definition) is 3. The quantitative estimate of drug-likeness (QED) is 0.887. The van der Waals surface area contributed by atoms with E-state index in [1.165, 1.54) is 10.4 Å². The van der Waals surface area contributed by atoms with Gasteiger partial charge in [0.1, 0.15) is 5.75 Å². The number of likely N-dealkylation sites (N-methyl/N-ethyl adjacent to an activating group) is 1. The van der Waals surface area contributed by atoms with Crippen molar-refractivity contribution < 1.29 is 5.11 Å². The zero-order valence-corrected chi connectivity index (χ0v) is 13.8. The fraction of sp³-hybridized carbons (Fsp3) is 0.263. The van der Waals surface area contributed by atoms with E-state index in [0.29, 0.717) is 11.8 Å². The molecule has 1 aliphatic heterocycles. The van der Waals surface area contributed by atoms with Gasteiger partial charge in [0.05, 0.1) is 0 Å². The molecule has 1 aliphatic rings. The predicted octanol–water partition coefficient (Wildman–Crippen LogP) is 4.67. The number of phenols is 1. The Balaban J connectivity index is 1.96. The summed E-state index contributed by atoms with van der Waals surface area (Å²) in [5, 5.41) is 12.5. The number of aryl methyl sites for hydroxylation is 1. The minimum atomic E-state index is 0.212. The smallest absolute Gasteiger partial charge is 0.119 e. The molecule has 0 fully saturated rings. The van der Waals surface area contributed by atoms with Crippen molar-refractivity contribution in [2.45, 2.75) is 25.3 Å². The molecule has 2 heterocycles. The molecule has 2 unspecified atom stereocenters. The predicted molar refractivity (Wildman–Crippen MR) is 93.5 cm³/mol. The summed E-state index contributed by atoms with van der Waals surface area (Å²) in [4.78, 5) is 3.53. The van der Waals surface area contributed by atoms with Gasteiger partial charge in [0.2, 0.25) is 0 Å². The van der Waals surface area contributed by atoms with Gasteiger partial charge in [-0.2, -0.15) is 0 Å². The van der Waals surface area contributed by atoms with E-state index in [9.17, 15) is 5.11 Å². The molecule has 0 spiro atoms. The lowest BCUT2D eigenvalue weighted by atomic mass is 9.88. The molecule has 2 nitrogen and oxygen atoms in total. The van der Waals surface area contributed by atoms with Crippen molar-refractivity contribution in [1.29, 1.82) is 0 Å². The normalized spacial score (nSPS) is 18.6. The molecule has 114 valence electrons. The Labute approximate surface area is 136 Å². The molecule has 0 amide bonds. The maximum absolute atomic E-state index is 10.4. The highest BCUT2D eigenvalue weighted by molar-refractivity contribution is 7.10. The van der Waals surface area contributed by atoms with Crippen molar-refractivity contribution in [3.8, 4) is 5.75 Å². The summed E-state index contributed by atoms with van der Waals surface area (Å²) in [5.41, 5.74) is 2.21. The summed E-state index contributed by atoms with van der Waals surface area (Å²) in [5.74, 6) is 0.602. The molecule has 2 atom stereocenters. The second-order valence-corrected chi connectivity index (χ2v) is 6.80. The number of allylic oxidation sites excluding steroid dienone is 2. The van der Waals surface area contributed by atoms with E-state index in [-0.39, 0.29) is 5.92 Å². The molecule has 0 aliphatic carbocycles. The lowest BCUT2D eigenvalue weighted by Gasteiger charge is -2.30. The summed E-state index contributed by atoms with van der Waals surface area (Å²) >= 11 is 1.76. The molecule has 1 N–H and O–H groups in total. The topological polar surface area (TPSA) is 23.5 Å². The molecule has 0 radical (unpaired) electrons. The molecule has 0 saturated heterocycles. The van der Waals surface area contributed by atoms with Crippen LogP contribution in [0, 0.1) is 6.92 Å². The first-order valence-electron chi connectivity index (χ1n) is 7.55. The number of aromatic hydroxyl groups is 1. The first-order chi connectivity index (χ1) is 10.6. The van der Waals surface area contributed by atoms with E-state index in [1.807, 2.05) is 12.1 Å². The number of thiophene rings is 1. The maximum Gasteiger partial charge on any atom is 0.119 e. The standard InChI is InChI=1S/C19H21NOS/c1-14-8-9-18(21)16(12-14)17(19-7-5-11-22-19)13-15-6-3-4-10-20(15)2/h3-12,15,17,21H,13H2,1-2H3. The Kier molecular flexibility index (Phi) is 4.34. The number of rotatable bonds is 4. The van der Waals surface area contributed by atoms with Crippen molar-refractivity contribution in [3.63, 3.8) is 0 Å². The first-order valence-corrected chi connectivity index (χ1v) is 8.43. The third kappa shape index (κ3) is 3.09. The zero-order valence-electron chi connectivity index (χ0n) is 12.9. The van der Waals surface area contributed by atoms with Crippen molar-refractivity contribution in [3.05, 3.63) is 76.1 Å². The number of phenolic OH excluding ortho intramolecular Hbond substituents is 1. The minimum absolute atomic E-state index is 0.212. The highest BCUT2D eigenvalue weighted by Gasteiger charge is 2.24. The van der Waals surface area contributed by atoms with Crippen LogP contribution in [0.15, 0.2) is 60.1 Å². The van der Waals surface area contributed by atoms with Gasteiger partial charge in [0.15, 0.2) is 0 Å². The lowest BCUT2D eigenvalue weighted by molar-refractivity contribution is 0.349. The average molecular weight is 311 g/mol. The Morgan fingerprint density at radius 1 is 1.27 bits per heavy atom. The largest absolute Gasteiger partial charge is 0.508 e. The van der Waals surface area contributed by atoms with Gasteiger partial charge in [0.25, 0.3) is 0 Å². The summed E-state index contributed by atoms with van der Waals surface area (Å²) in [7, 11) is 2.10. The van der Waals surface area contributed by atoms with E-state index < -0.39 is 0 Å². The highest BCUT2D eigenvalue weighted by Crippen LogP contribution is 2.38. The van der Waals surface area contributed by atoms with Crippen molar-refractivity contribution in [1.82, 2.24) is 4.90 Å². The fourth-order valence-corrected chi connectivity index (χ4v) is 3.81. The lowest BCUT2D eigenvalue weighted by Crippen LogP contribution is -2.28. The summed E-state index contributed by atoms with van der Waals surface area (Å²) < 4.78 is 0. The van der Waals surface area contributed by atoms with Gasteiger partial charge in [0, 0.05) is 29.4 Å². The van der Waals surface area contributed by atoms with E-state index >= 15 is 0 Å². The third-order valence-electron chi connectivity index (χ3n) is 4.21. The Hall–Kier alpha value is -2.00. The number of benzene rings is 1. The van der Waals surface area contributed by atoms with Gasteiger partial charge in [-0.1, -0.05) is 35.9 Å². The number of nitrogens with zero attached hydrogens (tertiary/aromatic N) is 1. The van der Waals surface area contributed by atoms with Gasteiger partial charge in [-0.15, -0.1) is 11.3 Å². The van der Waals surface area contributed by atoms with Crippen LogP contribution in [0.3, 0.4) is 0 Å². The van der Waals surface area contributed by atoms with Crippen LogP contribution < -0.4 is 0 Å². The van der Waals surface area contributed by atoms with Gasteiger partial charge >= 0.3 is 0 Å². The van der Waals surface area contributed by atoms with E-state index in [1.54, 1.807) is 11.3 Å². The molecule has 1 aromatic carbocycles. The van der Waals surface area contributed by atoms with Gasteiger partial charge in [-0.25, -0.2) is 0 Å². The second kappa shape index (κ2) is 6.41. The molecule has 0 saturated carbocycles. The maximum atomic E-state index is 10.4. The van der Waals surface area contributed by atoms with Gasteiger partial charge in [-0.3, -0.25) is 0 Å². The second-order valence-electron chi connectivity index (χ2n) is 5.83. The SMILES string of the molecule is Cc1ccc(O)c(C(CC2C=CC=CN2C)c2cccs2)c1. The highest BCUT2D eigenvalue weighted by atomic mass is 32.1. The molecule has 22 heavy (non-hydrogen) atoms. The Morgan fingerprint density at radius 2 is 2.14 bits per heavy atom. The fourth-order valence-electron chi connectivity index (χ4n) is 2.95. The summed E-state index contributed by atoms with van der Waals surface area (Å²) in [6.45, 7) is 2.07. The third-order valence-corrected chi connectivity index (χ3v) is 5.20. The van der Waals surface area contributed by atoms with Crippen molar-refractivity contribution >= 4 is 11.3 Å². The van der Waals surface area contributed by atoms with Crippen molar-refractivity contribution in [2.75, 3.05) is 7.05 Å². The Bertz CT molecular complexity index is 687. The van der Waals surface area contributed by atoms with Gasteiger partial charge < -0.3 is 10.0 Å². The monoisotopic (exact) mass is 311 g/mol. The van der Waals surface area contributed by atoms with E-state index in [4.69, 9.17) is 0 Å². The van der Waals surface area contributed by atoms with Crippen molar-refractivity contribution in [2.24, 2.45) is 0 Å². The van der Waals surface area contributed by atoms with Crippen LogP contribution in [0.5, 0.6) is 5.75 Å². The molecular weight excluding hydrogens is 290 g/mol. The Morgan fingerprint density at radius 3 is 2.86 bits per heavy atom. The van der Waals surface area contributed by atoms with Crippen LogP contribution in [0.2, 0.25) is 0 Å². The van der Waals surface area contributed by atoms with Crippen LogP contribution >= 0.6 is 11.3 Å². The molecule has 0 bridgehead atoms. The first kappa shape index (κ1) is 14.9. The molecule has 1 aromatic heterocycles. The minimum Gasteiger partial charge on any atom is -0.508 e. The molecule has 3 rings (SSSR count). The van der Waals surface area contributed by atoms with E-state index in [0.717, 1.165) is 12.0 Å². The van der Waals surface area contributed by atoms with Crippen LogP contribution in [-0.4, -0.2) is 23.1 Å². The van der Waals surface area contributed by atoms with Crippen LogP contribution in [0.1, 0.15) is 28.3 Å². The van der Waals surface area contributed by atoms with Crippen LogP contribution in [-0.2, 0) is 0 Å². The molecule has 3 heteroatoms. The van der Waals surface area contributed by atoms with Gasteiger partial charge in [-0.05, 0) is 43.1 Å². The van der Waals surface area contributed by atoms with Crippen LogP contribution in [0.4, 0.5) is 0 Å². The molecular formula is C19H21NOS. The number of hydrogen-bond donors (Lipinski definition) is 1. The van der Waals surface area contributed by atoms with Crippen LogP contribution in [0.25, 0.3) is 0 Å². The summed E-state index contributed by atoms with van der Waals surface area (Å²) in [6, 6.07) is 10.5. The zero-order chi connectivity index (χ0) is 15.5. The average Bonchev–Trinajstić information content (AvgIpc) is 3.03.